The third kappa shape index (κ3) is 4.64. The van der Waals surface area contributed by atoms with E-state index in [1.807, 2.05) is 54.6 Å². The predicted octanol–water partition coefficient (Wildman–Crippen LogP) is 2.92. The molecule has 2 aromatic rings. The Kier molecular flexibility index (Phi) is 5.83. The van der Waals surface area contributed by atoms with Crippen LogP contribution in [0.5, 0.6) is 5.75 Å². The van der Waals surface area contributed by atoms with Crippen molar-refractivity contribution in [3.05, 3.63) is 65.7 Å². The number of hydrogen-bond acceptors (Lipinski definition) is 3. The van der Waals surface area contributed by atoms with Crippen LogP contribution in [0.25, 0.3) is 0 Å². The van der Waals surface area contributed by atoms with Crippen molar-refractivity contribution in [3.63, 3.8) is 0 Å². The van der Waals surface area contributed by atoms with E-state index in [0.717, 1.165) is 16.9 Å². The van der Waals surface area contributed by atoms with Gasteiger partial charge in [0, 0.05) is 5.56 Å². The predicted molar refractivity (Wildman–Crippen MR) is 83.8 cm³/mol. The van der Waals surface area contributed by atoms with E-state index in [1.54, 1.807) is 7.11 Å². The fourth-order valence-electron chi connectivity index (χ4n) is 1.95. The van der Waals surface area contributed by atoms with Gasteiger partial charge in [-0.05, 0) is 11.6 Å². The van der Waals surface area contributed by atoms with Crippen molar-refractivity contribution in [2.45, 2.75) is 12.6 Å². The summed E-state index contributed by atoms with van der Waals surface area (Å²) in [5.41, 5.74) is 8.07. The van der Waals surface area contributed by atoms with Gasteiger partial charge in [0.1, 0.15) is 12.4 Å². The Labute approximate surface area is 125 Å². The fraction of sp³-hybridized carbons (Fsp3) is 0.222. The molecule has 0 radical (unpaired) electrons. The zero-order valence-corrected chi connectivity index (χ0v) is 12.1. The molecule has 0 aliphatic heterocycles. The Bertz CT molecular complexity index is 614. The second kappa shape index (κ2) is 8.11. The minimum Gasteiger partial charge on any atom is -0.496 e. The maximum Gasteiger partial charge on any atom is 0.124 e. The molecule has 0 aromatic heterocycles. The molecule has 0 amide bonds. The third-order valence-corrected chi connectivity index (χ3v) is 3.02. The van der Waals surface area contributed by atoms with Crippen LogP contribution in [0.4, 0.5) is 0 Å². The van der Waals surface area contributed by atoms with Crippen LogP contribution in [0.1, 0.15) is 17.2 Å². The number of hydrogen-bond donors (Lipinski definition) is 1. The van der Waals surface area contributed by atoms with Crippen LogP contribution in [0.2, 0.25) is 0 Å². The van der Waals surface area contributed by atoms with Gasteiger partial charge in [0.2, 0.25) is 0 Å². The SMILES string of the molecule is COc1ccccc1C(N)C#CCOCc1ccccc1. The number of ether oxygens (including phenoxy) is 2. The quantitative estimate of drug-likeness (QED) is 0.677. The molecule has 2 rings (SSSR count). The van der Waals surface area contributed by atoms with E-state index >= 15 is 0 Å². The number of benzene rings is 2. The first-order chi connectivity index (χ1) is 10.3. The normalized spacial score (nSPS) is 11.3. The summed E-state index contributed by atoms with van der Waals surface area (Å²) in [6, 6.07) is 17.3. The molecule has 0 heterocycles. The molecular formula is C18H19NO2. The highest BCUT2D eigenvalue weighted by Gasteiger charge is 2.07. The fourth-order valence-corrected chi connectivity index (χ4v) is 1.95. The molecule has 1 unspecified atom stereocenters. The second-order valence-corrected chi connectivity index (χ2v) is 4.52. The first-order valence-electron chi connectivity index (χ1n) is 6.80. The largest absolute Gasteiger partial charge is 0.496 e. The van der Waals surface area contributed by atoms with E-state index < -0.39 is 0 Å². The third-order valence-electron chi connectivity index (χ3n) is 3.02. The molecule has 0 aliphatic carbocycles. The molecule has 0 saturated heterocycles. The van der Waals surface area contributed by atoms with E-state index in [1.165, 1.54) is 0 Å². The van der Waals surface area contributed by atoms with Crippen LogP contribution in [-0.2, 0) is 11.3 Å². The number of methoxy groups -OCH3 is 1. The number of para-hydroxylation sites is 1. The zero-order valence-electron chi connectivity index (χ0n) is 12.1. The van der Waals surface area contributed by atoms with Crippen LogP contribution in [-0.4, -0.2) is 13.7 Å². The first-order valence-corrected chi connectivity index (χ1v) is 6.80. The van der Waals surface area contributed by atoms with Gasteiger partial charge in [-0.25, -0.2) is 0 Å². The standard InChI is InChI=1S/C18H19NO2/c1-20-18-12-6-5-10-16(18)17(19)11-7-13-21-14-15-8-3-2-4-9-15/h2-6,8-10,12,17H,13-14,19H2,1H3. The lowest BCUT2D eigenvalue weighted by atomic mass is 10.1. The summed E-state index contributed by atoms with van der Waals surface area (Å²) in [6.45, 7) is 0.914. The molecular weight excluding hydrogens is 262 g/mol. The van der Waals surface area contributed by atoms with Crippen LogP contribution in [0.15, 0.2) is 54.6 Å². The van der Waals surface area contributed by atoms with Crippen LogP contribution >= 0.6 is 0 Å². The summed E-state index contributed by atoms with van der Waals surface area (Å²) in [7, 11) is 1.63. The molecule has 0 spiro atoms. The van der Waals surface area contributed by atoms with Crippen molar-refractivity contribution >= 4 is 0 Å². The number of nitrogens with two attached hydrogens (primary N) is 1. The summed E-state index contributed by atoms with van der Waals surface area (Å²) in [5, 5.41) is 0. The maximum atomic E-state index is 6.06. The van der Waals surface area contributed by atoms with Gasteiger partial charge in [-0.2, -0.15) is 0 Å². The first kappa shape index (κ1) is 15.1. The zero-order chi connectivity index (χ0) is 14.9. The number of rotatable bonds is 5. The van der Waals surface area contributed by atoms with Crippen molar-refractivity contribution in [1.29, 1.82) is 0 Å². The van der Waals surface area contributed by atoms with Crippen molar-refractivity contribution in [1.82, 2.24) is 0 Å². The molecule has 0 fully saturated rings. The van der Waals surface area contributed by atoms with Crippen molar-refractivity contribution in [3.8, 4) is 17.6 Å². The van der Waals surface area contributed by atoms with E-state index in [9.17, 15) is 0 Å². The Morgan fingerprint density at radius 1 is 1.05 bits per heavy atom. The lowest BCUT2D eigenvalue weighted by molar-refractivity contribution is 0.153. The van der Waals surface area contributed by atoms with Gasteiger partial charge in [0.05, 0.1) is 19.8 Å². The second-order valence-electron chi connectivity index (χ2n) is 4.52. The molecule has 0 aliphatic rings. The van der Waals surface area contributed by atoms with Crippen LogP contribution in [0.3, 0.4) is 0 Å². The molecule has 2 N–H and O–H groups in total. The van der Waals surface area contributed by atoms with E-state index in [-0.39, 0.29) is 6.04 Å². The Balaban J connectivity index is 1.85. The monoisotopic (exact) mass is 281 g/mol. The molecule has 1 atom stereocenters. The lowest BCUT2D eigenvalue weighted by Gasteiger charge is -2.10. The van der Waals surface area contributed by atoms with Gasteiger partial charge < -0.3 is 15.2 Å². The molecule has 3 nitrogen and oxygen atoms in total. The summed E-state index contributed by atoms with van der Waals surface area (Å²) in [5.74, 6) is 6.69. The van der Waals surface area contributed by atoms with Crippen LogP contribution < -0.4 is 10.5 Å². The van der Waals surface area contributed by atoms with Gasteiger partial charge in [-0.3, -0.25) is 0 Å². The average Bonchev–Trinajstić information content (AvgIpc) is 2.55. The smallest absolute Gasteiger partial charge is 0.124 e. The maximum absolute atomic E-state index is 6.06. The molecule has 0 bridgehead atoms. The lowest BCUT2D eigenvalue weighted by Crippen LogP contribution is -2.09. The topological polar surface area (TPSA) is 44.5 Å². The van der Waals surface area contributed by atoms with Crippen LogP contribution in [0, 0.1) is 11.8 Å². The Hall–Kier alpha value is -2.28. The molecule has 2 aromatic carbocycles. The van der Waals surface area contributed by atoms with Gasteiger partial charge >= 0.3 is 0 Å². The molecule has 3 heteroatoms. The Morgan fingerprint density at radius 3 is 2.52 bits per heavy atom. The van der Waals surface area contributed by atoms with Gasteiger partial charge in [-0.1, -0.05) is 60.4 Å². The van der Waals surface area contributed by atoms with Gasteiger partial charge in [-0.15, -0.1) is 0 Å². The molecule has 0 saturated carbocycles. The summed E-state index contributed by atoms with van der Waals surface area (Å²) in [6.07, 6.45) is 0. The molecule has 108 valence electrons. The minimum atomic E-state index is -0.374. The summed E-state index contributed by atoms with van der Waals surface area (Å²) in [4.78, 5) is 0. The van der Waals surface area contributed by atoms with Crippen molar-refractivity contribution in [2.24, 2.45) is 5.73 Å². The van der Waals surface area contributed by atoms with Gasteiger partial charge in [0.15, 0.2) is 0 Å². The summed E-state index contributed by atoms with van der Waals surface area (Å²) < 4.78 is 10.8. The van der Waals surface area contributed by atoms with Gasteiger partial charge in [0.25, 0.3) is 0 Å². The summed E-state index contributed by atoms with van der Waals surface area (Å²) >= 11 is 0. The highest BCUT2D eigenvalue weighted by atomic mass is 16.5. The highest BCUT2D eigenvalue weighted by molar-refractivity contribution is 5.39. The van der Waals surface area contributed by atoms with E-state index in [0.29, 0.717) is 13.2 Å². The van der Waals surface area contributed by atoms with E-state index in [2.05, 4.69) is 11.8 Å². The average molecular weight is 281 g/mol. The Morgan fingerprint density at radius 2 is 1.76 bits per heavy atom. The van der Waals surface area contributed by atoms with Crippen molar-refractivity contribution in [2.75, 3.05) is 13.7 Å². The minimum absolute atomic E-state index is 0.359. The van der Waals surface area contributed by atoms with Crippen molar-refractivity contribution < 1.29 is 9.47 Å². The van der Waals surface area contributed by atoms with E-state index in [4.69, 9.17) is 15.2 Å². The molecule has 21 heavy (non-hydrogen) atoms. The highest BCUT2D eigenvalue weighted by Crippen LogP contribution is 2.22.